The Hall–Kier alpha value is -2.79. The van der Waals surface area contributed by atoms with Crippen LogP contribution in [-0.4, -0.2) is 27.1 Å². The summed E-state index contributed by atoms with van der Waals surface area (Å²) in [7, 11) is 0. The van der Waals surface area contributed by atoms with E-state index in [1.807, 2.05) is 49.4 Å². The first-order chi connectivity index (χ1) is 13.6. The van der Waals surface area contributed by atoms with Crippen molar-refractivity contribution in [3.05, 3.63) is 71.7 Å². The molecule has 0 bridgehead atoms. The Labute approximate surface area is 164 Å². The van der Waals surface area contributed by atoms with E-state index in [9.17, 15) is 9.90 Å². The molecule has 5 nitrogen and oxygen atoms in total. The van der Waals surface area contributed by atoms with Crippen molar-refractivity contribution in [2.24, 2.45) is 5.92 Å². The summed E-state index contributed by atoms with van der Waals surface area (Å²) in [6, 6.07) is 15.0. The zero-order valence-corrected chi connectivity index (χ0v) is 16.0. The van der Waals surface area contributed by atoms with E-state index >= 15 is 0 Å². The second kappa shape index (κ2) is 8.07. The number of aromatic nitrogens is 2. The fourth-order valence-electron chi connectivity index (χ4n) is 4.04. The number of nitrogens with one attached hydrogen (secondary N) is 1. The van der Waals surface area contributed by atoms with Crippen molar-refractivity contribution in [3.8, 4) is 0 Å². The highest BCUT2D eigenvalue weighted by molar-refractivity contribution is 5.95. The number of amides is 1. The lowest BCUT2D eigenvalue weighted by atomic mass is 9.79. The predicted molar refractivity (Wildman–Crippen MR) is 109 cm³/mol. The fraction of sp³-hybridized carbons (Fsp3) is 0.348. The molecule has 4 rings (SSSR count). The number of hydrogen-bond acceptors (Lipinski definition) is 4. The van der Waals surface area contributed by atoms with Crippen LogP contribution in [0.5, 0.6) is 0 Å². The minimum Gasteiger partial charge on any atom is -0.393 e. The van der Waals surface area contributed by atoms with E-state index in [-0.39, 0.29) is 17.9 Å². The lowest BCUT2D eigenvalue weighted by Crippen LogP contribution is -2.40. The number of nitrogens with zero attached hydrogens (tertiary/aromatic N) is 2. The van der Waals surface area contributed by atoms with Crippen molar-refractivity contribution in [1.29, 1.82) is 0 Å². The molecule has 0 radical (unpaired) electrons. The lowest BCUT2D eigenvalue weighted by Gasteiger charge is -2.35. The molecule has 1 saturated carbocycles. The molecule has 28 heavy (non-hydrogen) atoms. The van der Waals surface area contributed by atoms with E-state index < -0.39 is 6.10 Å². The SMILES string of the molecule is Cc1ccc(C(NC(=O)c2ccc3ccccc3n2)[C@@H]2CCCC[C@@H]2O)cn1. The zero-order chi connectivity index (χ0) is 19.5. The smallest absolute Gasteiger partial charge is 0.270 e. The number of para-hydroxylation sites is 1. The first-order valence-electron chi connectivity index (χ1n) is 9.89. The van der Waals surface area contributed by atoms with Gasteiger partial charge in [-0.2, -0.15) is 0 Å². The number of carbonyl (C=O) groups is 1. The average Bonchev–Trinajstić information content (AvgIpc) is 2.73. The minimum atomic E-state index is -0.426. The lowest BCUT2D eigenvalue weighted by molar-refractivity contribution is 0.0455. The van der Waals surface area contributed by atoms with E-state index in [1.54, 1.807) is 12.3 Å². The third-order valence-corrected chi connectivity index (χ3v) is 5.62. The Balaban J connectivity index is 1.63. The number of hydrogen-bond donors (Lipinski definition) is 2. The van der Waals surface area contributed by atoms with Gasteiger partial charge in [-0.1, -0.05) is 43.2 Å². The molecule has 1 aromatic carbocycles. The first-order valence-corrected chi connectivity index (χ1v) is 9.89. The number of aliphatic hydroxyl groups is 1. The third-order valence-electron chi connectivity index (χ3n) is 5.62. The van der Waals surface area contributed by atoms with Gasteiger partial charge in [0.15, 0.2) is 0 Å². The molecule has 0 saturated heterocycles. The van der Waals surface area contributed by atoms with Gasteiger partial charge in [0.25, 0.3) is 5.91 Å². The van der Waals surface area contributed by atoms with Crippen LogP contribution in [0.1, 0.15) is 53.5 Å². The van der Waals surface area contributed by atoms with E-state index in [2.05, 4.69) is 15.3 Å². The number of aliphatic hydroxyl groups excluding tert-OH is 1. The maximum absolute atomic E-state index is 13.0. The monoisotopic (exact) mass is 375 g/mol. The average molecular weight is 375 g/mol. The second-order valence-electron chi connectivity index (χ2n) is 7.59. The molecule has 1 fully saturated rings. The molecule has 2 heterocycles. The van der Waals surface area contributed by atoms with Crippen LogP contribution in [0.15, 0.2) is 54.7 Å². The molecule has 144 valence electrons. The van der Waals surface area contributed by atoms with Crippen molar-refractivity contribution >= 4 is 16.8 Å². The van der Waals surface area contributed by atoms with Crippen LogP contribution in [0.25, 0.3) is 10.9 Å². The van der Waals surface area contributed by atoms with Gasteiger partial charge < -0.3 is 10.4 Å². The van der Waals surface area contributed by atoms with Crippen molar-refractivity contribution in [2.75, 3.05) is 0 Å². The van der Waals surface area contributed by atoms with Gasteiger partial charge in [0, 0.05) is 23.2 Å². The molecule has 1 aliphatic rings. The van der Waals surface area contributed by atoms with Crippen LogP contribution < -0.4 is 5.32 Å². The highest BCUT2D eigenvalue weighted by atomic mass is 16.3. The van der Waals surface area contributed by atoms with Gasteiger partial charge in [0.1, 0.15) is 5.69 Å². The van der Waals surface area contributed by atoms with Crippen molar-refractivity contribution in [3.63, 3.8) is 0 Å². The Kier molecular flexibility index (Phi) is 5.35. The molecule has 0 aliphatic heterocycles. The molecule has 2 aromatic heterocycles. The van der Waals surface area contributed by atoms with Crippen molar-refractivity contribution in [1.82, 2.24) is 15.3 Å². The van der Waals surface area contributed by atoms with Gasteiger partial charge in [0.2, 0.25) is 0 Å². The summed E-state index contributed by atoms with van der Waals surface area (Å²) in [5.74, 6) is -0.253. The topological polar surface area (TPSA) is 75.1 Å². The molecular formula is C23H25N3O2. The van der Waals surface area contributed by atoms with Crippen LogP contribution in [0.4, 0.5) is 0 Å². The summed E-state index contributed by atoms with van der Waals surface area (Å²) in [5, 5.41) is 14.7. The minimum absolute atomic E-state index is 0.0253. The normalized spacial score (nSPS) is 20.6. The summed E-state index contributed by atoms with van der Waals surface area (Å²) in [6.45, 7) is 1.94. The number of fused-ring (bicyclic) bond motifs is 1. The summed E-state index contributed by atoms with van der Waals surface area (Å²) in [4.78, 5) is 21.9. The number of rotatable bonds is 4. The third kappa shape index (κ3) is 3.90. The van der Waals surface area contributed by atoms with Crippen LogP contribution in [0.2, 0.25) is 0 Å². The standard InChI is InChI=1S/C23H25N3O2/c1-15-10-11-17(14-24-15)22(18-7-3-5-9-21(18)27)26-23(28)20-13-12-16-6-2-4-8-19(16)25-20/h2,4,6,8,10-14,18,21-22,27H,3,5,7,9H2,1H3,(H,26,28)/t18-,21+,22?/m1/s1. The number of carbonyl (C=O) groups excluding carboxylic acids is 1. The molecule has 1 aliphatic carbocycles. The van der Waals surface area contributed by atoms with Crippen molar-refractivity contribution in [2.45, 2.75) is 44.8 Å². The van der Waals surface area contributed by atoms with Crippen LogP contribution >= 0.6 is 0 Å². The Morgan fingerprint density at radius 1 is 1.11 bits per heavy atom. The van der Waals surface area contributed by atoms with Crippen LogP contribution in [0, 0.1) is 12.8 Å². The number of benzene rings is 1. The van der Waals surface area contributed by atoms with E-state index in [0.717, 1.165) is 47.8 Å². The maximum atomic E-state index is 13.0. The molecule has 0 spiro atoms. The predicted octanol–water partition coefficient (Wildman–Crippen LogP) is 3.96. The molecular weight excluding hydrogens is 350 g/mol. The summed E-state index contributed by atoms with van der Waals surface area (Å²) >= 11 is 0. The highest BCUT2D eigenvalue weighted by Gasteiger charge is 2.33. The zero-order valence-electron chi connectivity index (χ0n) is 16.0. The number of aryl methyl sites for hydroxylation is 1. The van der Waals surface area contributed by atoms with Crippen molar-refractivity contribution < 1.29 is 9.90 Å². The van der Waals surface area contributed by atoms with Gasteiger partial charge in [-0.15, -0.1) is 0 Å². The second-order valence-corrected chi connectivity index (χ2v) is 7.59. The molecule has 2 N–H and O–H groups in total. The quantitative estimate of drug-likeness (QED) is 0.724. The Morgan fingerprint density at radius 3 is 2.71 bits per heavy atom. The Morgan fingerprint density at radius 2 is 1.93 bits per heavy atom. The summed E-state index contributed by atoms with van der Waals surface area (Å²) in [6.07, 6.45) is 5.11. The molecule has 3 atom stereocenters. The highest BCUT2D eigenvalue weighted by Crippen LogP contribution is 2.35. The Bertz CT molecular complexity index is 971. The molecule has 3 aromatic rings. The maximum Gasteiger partial charge on any atom is 0.270 e. The summed E-state index contributed by atoms with van der Waals surface area (Å²) < 4.78 is 0. The van der Waals surface area contributed by atoms with Gasteiger partial charge in [-0.05, 0) is 43.5 Å². The summed E-state index contributed by atoms with van der Waals surface area (Å²) in [5.41, 5.74) is 3.02. The fourth-order valence-corrected chi connectivity index (χ4v) is 4.04. The van der Waals surface area contributed by atoms with E-state index in [1.165, 1.54) is 0 Å². The van der Waals surface area contributed by atoms with Gasteiger partial charge in [-0.25, -0.2) is 4.98 Å². The van der Waals surface area contributed by atoms with Gasteiger partial charge in [-0.3, -0.25) is 9.78 Å². The van der Waals surface area contributed by atoms with Crippen LogP contribution in [0.3, 0.4) is 0 Å². The van der Waals surface area contributed by atoms with E-state index in [0.29, 0.717) is 5.69 Å². The molecule has 1 amide bonds. The van der Waals surface area contributed by atoms with Gasteiger partial charge >= 0.3 is 0 Å². The number of pyridine rings is 2. The van der Waals surface area contributed by atoms with E-state index in [4.69, 9.17) is 0 Å². The van der Waals surface area contributed by atoms with Crippen LogP contribution in [-0.2, 0) is 0 Å². The van der Waals surface area contributed by atoms with Gasteiger partial charge in [0.05, 0.1) is 17.7 Å². The molecule has 1 unspecified atom stereocenters. The first kappa shape index (κ1) is 18.6. The largest absolute Gasteiger partial charge is 0.393 e. The molecule has 5 heteroatoms.